The van der Waals surface area contributed by atoms with Crippen LogP contribution in [0.2, 0.25) is 0 Å². The number of hydrogen-bond acceptors (Lipinski definition) is 2. The van der Waals surface area contributed by atoms with Crippen molar-refractivity contribution >= 4 is 5.91 Å². The first-order chi connectivity index (χ1) is 10.1. The summed E-state index contributed by atoms with van der Waals surface area (Å²) in [6.07, 6.45) is 0.0817. The number of benzene rings is 2. The molecule has 110 valence electrons. The second-order valence-electron chi connectivity index (χ2n) is 4.87. The number of carbonyl (C=O) groups is 1. The molecule has 2 aromatic carbocycles. The first kappa shape index (κ1) is 15.2. The standard InChI is InChI=1S/C17H18FNO2/c18-15-8-6-13(7-9-15)12-17(21)19-11-10-16(20)14-4-2-1-3-5-14/h1-9,16,20H,10-12H2,(H,19,21)/t16-/m1/s1. The molecule has 2 N–H and O–H groups in total. The third-order valence-electron chi connectivity index (χ3n) is 3.20. The van der Waals surface area contributed by atoms with Crippen molar-refractivity contribution in [2.24, 2.45) is 0 Å². The van der Waals surface area contributed by atoms with E-state index in [2.05, 4.69) is 5.32 Å². The van der Waals surface area contributed by atoms with Gasteiger partial charge in [0.25, 0.3) is 0 Å². The van der Waals surface area contributed by atoms with Crippen molar-refractivity contribution in [2.45, 2.75) is 18.9 Å². The third kappa shape index (κ3) is 5.00. The molecule has 3 nitrogen and oxygen atoms in total. The highest BCUT2D eigenvalue weighted by atomic mass is 19.1. The Balaban J connectivity index is 1.73. The molecule has 0 aliphatic heterocycles. The van der Waals surface area contributed by atoms with Gasteiger partial charge < -0.3 is 10.4 Å². The molecule has 0 aliphatic rings. The van der Waals surface area contributed by atoms with Crippen molar-refractivity contribution in [3.63, 3.8) is 0 Å². The van der Waals surface area contributed by atoms with E-state index < -0.39 is 6.10 Å². The van der Waals surface area contributed by atoms with Crippen molar-refractivity contribution in [1.29, 1.82) is 0 Å². The lowest BCUT2D eigenvalue weighted by Gasteiger charge is -2.11. The topological polar surface area (TPSA) is 49.3 Å². The maximum absolute atomic E-state index is 12.7. The van der Waals surface area contributed by atoms with E-state index >= 15 is 0 Å². The van der Waals surface area contributed by atoms with E-state index in [4.69, 9.17) is 0 Å². The molecule has 0 radical (unpaired) electrons. The van der Waals surface area contributed by atoms with Crippen molar-refractivity contribution in [2.75, 3.05) is 6.54 Å². The molecule has 1 amide bonds. The zero-order valence-electron chi connectivity index (χ0n) is 11.6. The molecule has 0 heterocycles. The minimum absolute atomic E-state index is 0.137. The molecule has 21 heavy (non-hydrogen) atoms. The van der Waals surface area contributed by atoms with Crippen LogP contribution in [0.15, 0.2) is 54.6 Å². The van der Waals surface area contributed by atoms with E-state index in [9.17, 15) is 14.3 Å². The van der Waals surface area contributed by atoms with Gasteiger partial charge in [-0.3, -0.25) is 4.79 Å². The minimum atomic E-state index is -0.586. The summed E-state index contributed by atoms with van der Waals surface area (Å²) < 4.78 is 12.7. The summed E-state index contributed by atoms with van der Waals surface area (Å²) in [5, 5.41) is 12.7. The average molecular weight is 287 g/mol. The predicted molar refractivity (Wildman–Crippen MR) is 79.1 cm³/mol. The molecular weight excluding hydrogens is 269 g/mol. The number of hydrogen-bond donors (Lipinski definition) is 2. The van der Waals surface area contributed by atoms with Crippen molar-refractivity contribution in [3.8, 4) is 0 Å². The number of nitrogens with one attached hydrogen (secondary N) is 1. The van der Waals surface area contributed by atoms with Gasteiger partial charge in [-0.1, -0.05) is 42.5 Å². The second-order valence-corrected chi connectivity index (χ2v) is 4.87. The lowest BCUT2D eigenvalue weighted by atomic mass is 10.1. The Hall–Kier alpha value is -2.20. The van der Waals surface area contributed by atoms with E-state index in [0.29, 0.717) is 13.0 Å². The molecule has 0 saturated carbocycles. The van der Waals surface area contributed by atoms with E-state index in [1.807, 2.05) is 30.3 Å². The maximum Gasteiger partial charge on any atom is 0.224 e. The number of rotatable bonds is 6. The highest BCUT2D eigenvalue weighted by molar-refractivity contribution is 5.78. The molecule has 0 spiro atoms. The first-order valence-electron chi connectivity index (χ1n) is 6.89. The first-order valence-corrected chi connectivity index (χ1v) is 6.89. The Kier molecular flexibility index (Phi) is 5.46. The average Bonchev–Trinajstić information content (AvgIpc) is 2.50. The summed E-state index contributed by atoms with van der Waals surface area (Å²) >= 11 is 0. The van der Waals surface area contributed by atoms with Gasteiger partial charge in [0.15, 0.2) is 0 Å². The number of halogens is 1. The van der Waals surface area contributed by atoms with Crippen LogP contribution < -0.4 is 5.32 Å². The fourth-order valence-electron chi connectivity index (χ4n) is 2.04. The molecule has 2 rings (SSSR count). The highest BCUT2D eigenvalue weighted by Crippen LogP contribution is 2.14. The lowest BCUT2D eigenvalue weighted by molar-refractivity contribution is -0.120. The van der Waals surface area contributed by atoms with Crippen molar-refractivity contribution < 1.29 is 14.3 Å². The minimum Gasteiger partial charge on any atom is -0.388 e. The van der Waals surface area contributed by atoms with Gasteiger partial charge in [0.1, 0.15) is 5.82 Å². The largest absolute Gasteiger partial charge is 0.388 e. The van der Waals surface area contributed by atoms with Crippen molar-refractivity contribution in [1.82, 2.24) is 5.32 Å². The second kappa shape index (κ2) is 7.55. The Morgan fingerprint density at radius 1 is 1.10 bits per heavy atom. The van der Waals surface area contributed by atoms with Gasteiger partial charge >= 0.3 is 0 Å². The smallest absolute Gasteiger partial charge is 0.224 e. The molecule has 0 aliphatic carbocycles. The molecule has 0 bridgehead atoms. The molecule has 0 aromatic heterocycles. The van der Waals surface area contributed by atoms with Crippen LogP contribution in [0, 0.1) is 5.82 Å². The van der Waals surface area contributed by atoms with Crippen LogP contribution in [-0.4, -0.2) is 17.6 Å². The molecule has 0 fully saturated rings. The van der Waals surface area contributed by atoms with E-state index in [1.54, 1.807) is 12.1 Å². The van der Waals surface area contributed by atoms with Crippen LogP contribution in [0.1, 0.15) is 23.7 Å². The summed E-state index contributed by atoms with van der Waals surface area (Å²) in [5.41, 5.74) is 1.60. The lowest BCUT2D eigenvalue weighted by Crippen LogP contribution is -2.27. The summed E-state index contributed by atoms with van der Waals surface area (Å²) in [6, 6.07) is 15.2. The Bertz CT molecular complexity index is 569. The fourth-order valence-corrected chi connectivity index (χ4v) is 2.04. The number of amides is 1. The zero-order valence-corrected chi connectivity index (χ0v) is 11.6. The Morgan fingerprint density at radius 3 is 2.43 bits per heavy atom. The van der Waals surface area contributed by atoms with Crippen LogP contribution in [-0.2, 0) is 11.2 Å². The van der Waals surface area contributed by atoms with E-state index in [0.717, 1.165) is 11.1 Å². The SMILES string of the molecule is O=C(Cc1ccc(F)cc1)NCC[C@@H](O)c1ccccc1. The molecule has 1 atom stereocenters. The van der Waals surface area contributed by atoms with Gasteiger partial charge in [-0.2, -0.15) is 0 Å². The Morgan fingerprint density at radius 2 is 1.76 bits per heavy atom. The summed E-state index contributed by atoms with van der Waals surface area (Å²) in [7, 11) is 0. The van der Waals surface area contributed by atoms with Crippen molar-refractivity contribution in [3.05, 3.63) is 71.5 Å². The monoisotopic (exact) mass is 287 g/mol. The van der Waals surface area contributed by atoms with Gasteiger partial charge in [-0.15, -0.1) is 0 Å². The zero-order chi connectivity index (χ0) is 15.1. The summed E-state index contributed by atoms with van der Waals surface area (Å²) in [4.78, 5) is 11.7. The number of aliphatic hydroxyl groups is 1. The maximum atomic E-state index is 12.7. The fraction of sp³-hybridized carbons (Fsp3) is 0.235. The van der Waals surface area contributed by atoms with Crippen LogP contribution in [0.4, 0.5) is 4.39 Å². The van der Waals surface area contributed by atoms with Gasteiger partial charge in [0, 0.05) is 6.54 Å². The number of carbonyl (C=O) groups excluding carboxylic acids is 1. The Labute approximate surface area is 123 Å². The van der Waals surface area contributed by atoms with E-state index in [-0.39, 0.29) is 18.1 Å². The van der Waals surface area contributed by atoms with Gasteiger partial charge in [0.05, 0.1) is 12.5 Å². The highest BCUT2D eigenvalue weighted by Gasteiger charge is 2.08. The quantitative estimate of drug-likeness (QED) is 0.858. The normalized spacial score (nSPS) is 11.9. The summed E-state index contributed by atoms with van der Waals surface area (Å²) in [6.45, 7) is 0.399. The van der Waals surface area contributed by atoms with Gasteiger partial charge in [-0.25, -0.2) is 4.39 Å². The van der Waals surface area contributed by atoms with Crippen LogP contribution in [0.5, 0.6) is 0 Å². The molecular formula is C17H18FNO2. The van der Waals surface area contributed by atoms with Crippen LogP contribution in [0.25, 0.3) is 0 Å². The molecule has 0 saturated heterocycles. The van der Waals surface area contributed by atoms with Gasteiger partial charge in [-0.05, 0) is 29.7 Å². The summed E-state index contributed by atoms with van der Waals surface area (Å²) in [5.74, 6) is -0.452. The number of aliphatic hydroxyl groups excluding tert-OH is 1. The van der Waals surface area contributed by atoms with Crippen LogP contribution in [0.3, 0.4) is 0 Å². The van der Waals surface area contributed by atoms with Gasteiger partial charge in [0.2, 0.25) is 5.91 Å². The van der Waals surface area contributed by atoms with E-state index in [1.165, 1.54) is 12.1 Å². The third-order valence-corrected chi connectivity index (χ3v) is 3.20. The molecule has 4 heteroatoms. The van der Waals surface area contributed by atoms with Crippen LogP contribution >= 0.6 is 0 Å². The molecule has 2 aromatic rings. The molecule has 0 unspecified atom stereocenters. The predicted octanol–water partition coefficient (Wildman–Crippen LogP) is 2.61.